The standard InChI is InChI=1S/C18H21N3O/c19-18(20)16-8-6-14(7-9-16)10-11-21-17(13-22)12-15-4-2-1-3-5-15/h1-9,13,17,21H,10-12H2,(H3,19,20)/t17-/m0/s1. The molecule has 0 fully saturated rings. The number of nitrogens with two attached hydrogens (primary N) is 1. The van der Waals surface area contributed by atoms with Crippen molar-refractivity contribution in [2.45, 2.75) is 18.9 Å². The molecule has 114 valence electrons. The topological polar surface area (TPSA) is 79.0 Å². The van der Waals surface area contributed by atoms with E-state index in [4.69, 9.17) is 11.1 Å². The Bertz CT molecular complexity index is 608. The van der Waals surface area contributed by atoms with Gasteiger partial charge in [0.1, 0.15) is 12.1 Å². The minimum Gasteiger partial charge on any atom is -0.384 e. The summed E-state index contributed by atoms with van der Waals surface area (Å²) >= 11 is 0. The van der Waals surface area contributed by atoms with Crippen molar-refractivity contribution >= 4 is 12.1 Å². The van der Waals surface area contributed by atoms with E-state index >= 15 is 0 Å². The first-order valence-corrected chi connectivity index (χ1v) is 7.35. The van der Waals surface area contributed by atoms with Crippen LogP contribution in [0, 0.1) is 5.41 Å². The molecule has 0 aromatic heterocycles. The van der Waals surface area contributed by atoms with E-state index in [0.29, 0.717) is 6.42 Å². The third-order valence-electron chi connectivity index (χ3n) is 3.55. The summed E-state index contributed by atoms with van der Waals surface area (Å²) < 4.78 is 0. The second kappa shape index (κ2) is 8.10. The van der Waals surface area contributed by atoms with Gasteiger partial charge in [0.2, 0.25) is 0 Å². The first-order chi connectivity index (χ1) is 10.7. The fraction of sp³-hybridized carbons (Fsp3) is 0.222. The lowest BCUT2D eigenvalue weighted by Crippen LogP contribution is -2.34. The average Bonchev–Trinajstić information content (AvgIpc) is 2.55. The van der Waals surface area contributed by atoms with Crippen LogP contribution in [-0.2, 0) is 17.6 Å². The van der Waals surface area contributed by atoms with Crippen molar-refractivity contribution in [2.24, 2.45) is 5.73 Å². The molecule has 4 heteroatoms. The second-order valence-electron chi connectivity index (χ2n) is 5.25. The lowest BCUT2D eigenvalue weighted by molar-refractivity contribution is -0.109. The molecule has 0 saturated heterocycles. The van der Waals surface area contributed by atoms with Crippen LogP contribution < -0.4 is 11.1 Å². The molecule has 0 aliphatic carbocycles. The van der Waals surface area contributed by atoms with Crippen LogP contribution in [0.4, 0.5) is 0 Å². The summed E-state index contributed by atoms with van der Waals surface area (Å²) in [5.41, 5.74) is 8.46. The Morgan fingerprint density at radius 1 is 1.09 bits per heavy atom. The molecule has 2 rings (SSSR count). The molecule has 0 aliphatic heterocycles. The van der Waals surface area contributed by atoms with Gasteiger partial charge in [-0.1, -0.05) is 54.6 Å². The lowest BCUT2D eigenvalue weighted by Gasteiger charge is -2.13. The molecule has 0 aliphatic rings. The molecule has 0 saturated carbocycles. The van der Waals surface area contributed by atoms with Gasteiger partial charge in [-0.2, -0.15) is 0 Å². The van der Waals surface area contributed by atoms with Crippen LogP contribution >= 0.6 is 0 Å². The van der Waals surface area contributed by atoms with Gasteiger partial charge in [-0.15, -0.1) is 0 Å². The number of benzene rings is 2. The summed E-state index contributed by atoms with van der Waals surface area (Å²) in [6.07, 6.45) is 2.50. The number of aldehydes is 1. The first-order valence-electron chi connectivity index (χ1n) is 7.35. The van der Waals surface area contributed by atoms with Crippen molar-refractivity contribution in [3.05, 3.63) is 71.3 Å². The predicted molar refractivity (Wildman–Crippen MR) is 89.2 cm³/mol. The maximum atomic E-state index is 11.2. The molecular formula is C18H21N3O. The van der Waals surface area contributed by atoms with E-state index in [0.717, 1.165) is 35.9 Å². The third-order valence-corrected chi connectivity index (χ3v) is 3.55. The average molecular weight is 295 g/mol. The second-order valence-corrected chi connectivity index (χ2v) is 5.25. The third kappa shape index (κ3) is 4.82. The molecule has 4 N–H and O–H groups in total. The number of carbonyl (C=O) groups is 1. The van der Waals surface area contributed by atoms with Gasteiger partial charge >= 0.3 is 0 Å². The van der Waals surface area contributed by atoms with Gasteiger partial charge in [0.05, 0.1) is 6.04 Å². The zero-order chi connectivity index (χ0) is 15.8. The lowest BCUT2D eigenvalue weighted by atomic mass is 10.1. The van der Waals surface area contributed by atoms with Crippen LogP contribution in [0.1, 0.15) is 16.7 Å². The Balaban J connectivity index is 1.81. The molecule has 0 heterocycles. The monoisotopic (exact) mass is 295 g/mol. The Morgan fingerprint density at radius 3 is 2.36 bits per heavy atom. The van der Waals surface area contributed by atoms with E-state index in [1.54, 1.807) is 0 Å². The van der Waals surface area contributed by atoms with Crippen LogP contribution in [0.5, 0.6) is 0 Å². The van der Waals surface area contributed by atoms with Crippen molar-refractivity contribution in [3.63, 3.8) is 0 Å². The van der Waals surface area contributed by atoms with Gasteiger partial charge in [-0.05, 0) is 30.5 Å². The molecule has 2 aromatic rings. The minimum absolute atomic E-state index is 0.0774. The number of hydrogen-bond donors (Lipinski definition) is 3. The fourth-order valence-corrected chi connectivity index (χ4v) is 2.29. The largest absolute Gasteiger partial charge is 0.384 e. The normalized spacial score (nSPS) is 11.8. The number of nitrogen functional groups attached to an aromatic ring is 1. The maximum Gasteiger partial charge on any atom is 0.137 e. The Hall–Kier alpha value is -2.46. The molecule has 0 unspecified atom stereocenters. The van der Waals surface area contributed by atoms with Crippen molar-refractivity contribution in [1.29, 1.82) is 5.41 Å². The number of hydrogen-bond acceptors (Lipinski definition) is 3. The summed E-state index contributed by atoms with van der Waals surface area (Å²) in [7, 11) is 0. The van der Waals surface area contributed by atoms with E-state index in [-0.39, 0.29) is 11.9 Å². The van der Waals surface area contributed by atoms with Crippen molar-refractivity contribution in [2.75, 3.05) is 6.54 Å². The zero-order valence-corrected chi connectivity index (χ0v) is 12.5. The van der Waals surface area contributed by atoms with Crippen LogP contribution in [0.25, 0.3) is 0 Å². The van der Waals surface area contributed by atoms with Gasteiger partial charge < -0.3 is 15.8 Å². The zero-order valence-electron chi connectivity index (χ0n) is 12.5. The van der Waals surface area contributed by atoms with Crippen molar-refractivity contribution < 1.29 is 4.79 Å². The Labute approximate surface area is 130 Å². The summed E-state index contributed by atoms with van der Waals surface area (Å²) in [6.45, 7) is 0.732. The van der Waals surface area contributed by atoms with Crippen molar-refractivity contribution in [3.8, 4) is 0 Å². The first kappa shape index (κ1) is 15.9. The van der Waals surface area contributed by atoms with Crippen LogP contribution in [0.2, 0.25) is 0 Å². The molecule has 1 atom stereocenters. The maximum absolute atomic E-state index is 11.2. The van der Waals surface area contributed by atoms with Crippen LogP contribution in [0.15, 0.2) is 54.6 Å². The van der Waals surface area contributed by atoms with Gasteiger partial charge in [-0.3, -0.25) is 5.41 Å². The molecule has 22 heavy (non-hydrogen) atoms. The highest BCUT2D eigenvalue weighted by molar-refractivity contribution is 5.94. The quantitative estimate of drug-likeness (QED) is 0.395. The Morgan fingerprint density at radius 2 is 1.77 bits per heavy atom. The smallest absolute Gasteiger partial charge is 0.137 e. The van der Waals surface area contributed by atoms with E-state index in [2.05, 4.69) is 5.32 Å². The van der Waals surface area contributed by atoms with Gasteiger partial charge in [0, 0.05) is 5.56 Å². The van der Waals surface area contributed by atoms with E-state index < -0.39 is 0 Å². The number of carbonyl (C=O) groups excluding carboxylic acids is 1. The van der Waals surface area contributed by atoms with E-state index in [9.17, 15) is 4.79 Å². The highest BCUT2D eigenvalue weighted by Gasteiger charge is 2.07. The number of nitrogens with one attached hydrogen (secondary N) is 2. The SMILES string of the molecule is N=C(N)c1ccc(CCN[C@H](C=O)Cc2ccccc2)cc1. The Kier molecular flexibility index (Phi) is 5.86. The van der Waals surface area contributed by atoms with E-state index in [1.807, 2.05) is 54.6 Å². The van der Waals surface area contributed by atoms with Gasteiger partial charge in [0.15, 0.2) is 0 Å². The van der Waals surface area contributed by atoms with E-state index in [1.165, 1.54) is 0 Å². The number of amidine groups is 1. The highest BCUT2D eigenvalue weighted by Crippen LogP contribution is 2.05. The van der Waals surface area contributed by atoms with Gasteiger partial charge in [0.25, 0.3) is 0 Å². The number of rotatable bonds is 8. The molecule has 0 spiro atoms. The molecule has 0 radical (unpaired) electrons. The highest BCUT2D eigenvalue weighted by atomic mass is 16.1. The summed E-state index contributed by atoms with van der Waals surface area (Å²) in [4.78, 5) is 11.2. The molecule has 0 amide bonds. The summed E-state index contributed by atoms with van der Waals surface area (Å²) in [6, 6.07) is 17.4. The van der Waals surface area contributed by atoms with Gasteiger partial charge in [-0.25, -0.2) is 0 Å². The molecule has 0 bridgehead atoms. The fourth-order valence-electron chi connectivity index (χ4n) is 2.29. The minimum atomic E-state index is -0.168. The molecule has 4 nitrogen and oxygen atoms in total. The van der Waals surface area contributed by atoms with Crippen LogP contribution in [-0.4, -0.2) is 24.7 Å². The summed E-state index contributed by atoms with van der Waals surface area (Å²) in [5.74, 6) is 0.0774. The predicted octanol–water partition coefficient (Wildman–Crippen LogP) is 1.91. The molecule has 2 aromatic carbocycles. The van der Waals surface area contributed by atoms with Crippen LogP contribution in [0.3, 0.4) is 0 Å². The summed E-state index contributed by atoms with van der Waals surface area (Å²) in [5, 5.41) is 10.6. The van der Waals surface area contributed by atoms with Crippen molar-refractivity contribution in [1.82, 2.24) is 5.32 Å². The molecular weight excluding hydrogens is 274 g/mol.